The predicted molar refractivity (Wildman–Crippen MR) is 76.1 cm³/mol. The van der Waals surface area contributed by atoms with Gasteiger partial charge in [0, 0.05) is 25.1 Å². The first kappa shape index (κ1) is 13.1. The first-order valence-corrected chi connectivity index (χ1v) is 7.05. The molecule has 0 unspecified atom stereocenters. The molecule has 100 valence electrons. The van der Waals surface area contributed by atoms with E-state index in [0.29, 0.717) is 11.8 Å². The van der Waals surface area contributed by atoms with Crippen molar-refractivity contribution >= 4 is 11.6 Å². The number of nitrogens with one attached hydrogen (secondary N) is 2. The maximum absolute atomic E-state index is 4.61. The molecule has 1 aliphatic carbocycles. The van der Waals surface area contributed by atoms with Crippen LogP contribution in [0.3, 0.4) is 0 Å². The van der Waals surface area contributed by atoms with Gasteiger partial charge in [-0.3, -0.25) is 0 Å². The summed E-state index contributed by atoms with van der Waals surface area (Å²) < 4.78 is 0. The molecule has 2 N–H and O–H groups in total. The van der Waals surface area contributed by atoms with E-state index in [4.69, 9.17) is 0 Å². The molecule has 0 aliphatic heterocycles. The minimum Gasteiger partial charge on any atom is -0.370 e. The van der Waals surface area contributed by atoms with E-state index < -0.39 is 0 Å². The summed E-state index contributed by atoms with van der Waals surface area (Å²) in [5.41, 5.74) is 0. The first-order valence-electron chi connectivity index (χ1n) is 7.05. The van der Waals surface area contributed by atoms with Gasteiger partial charge in [-0.15, -0.1) is 0 Å². The fraction of sp³-hybridized carbons (Fsp3) is 0.714. The Balaban J connectivity index is 2.08. The zero-order valence-electron chi connectivity index (χ0n) is 11.7. The van der Waals surface area contributed by atoms with E-state index in [9.17, 15) is 0 Å². The van der Waals surface area contributed by atoms with E-state index in [-0.39, 0.29) is 0 Å². The molecule has 0 spiro atoms. The Hall–Kier alpha value is -1.32. The van der Waals surface area contributed by atoms with Crippen LogP contribution in [0.1, 0.15) is 51.8 Å². The SMILES string of the molecule is CCCNc1cc(NCC(C)C)nc(C2CC2)n1. The van der Waals surface area contributed by atoms with Gasteiger partial charge in [-0.2, -0.15) is 0 Å². The minimum atomic E-state index is 0.591. The molecule has 2 rings (SSSR count). The van der Waals surface area contributed by atoms with Gasteiger partial charge < -0.3 is 10.6 Å². The molecule has 0 saturated heterocycles. The van der Waals surface area contributed by atoms with E-state index in [1.54, 1.807) is 0 Å². The summed E-state index contributed by atoms with van der Waals surface area (Å²) in [5, 5.41) is 6.75. The third-order valence-corrected chi connectivity index (χ3v) is 2.93. The highest BCUT2D eigenvalue weighted by molar-refractivity contribution is 5.48. The second kappa shape index (κ2) is 6.03. The molecule has 18 heavy (non-hydrogen) atoms. The monoisotopic (exact) mass is 248 g/mol. The number of nitrogens with zero attached hydrogens (tertiary/aromatic N) is 2. The Labute approximate surface area is 110 Å². The number of anilines is 2. The van der Waals surface area contributed by atoms with Crippen LogP contribution in [-0.4, -0.2) is 23.1 Å². The lowest BCUT2D eigenvalue weighted by Crippen LogP contribution is -2.12. The van der Waals surface area contributed by atoms with Gasteiger partial charge in [0.05, 0.1) is 0 Å². The molecule has 1 heterocycles. The Morgan fingerprint density at radius 1 is 1.22 bits per heavy atom. The second-order valence-corrected chi connectivity index (χ2v) is 5.47. The molecule has 1 aliphatic rings. The average Bonchev–Trinajstić information content (AvgIpc) is 3.18. The van der Waals surface area contributed by atoms with E-state index in [0.717, 1.165) is 37.0 Å². The van der Waals surface area contributed by atoms with Crippen molar-refractivity contribution in [1.82, 2.24) is 9.97 Å². The van der Waals surface area contributed by atoms with E-state index in [1.807, 2.05) is 6.07 Å². The van der Waals surface area contributed by atoms with Crippen molar-refractivity contribution in [1.29, 1.82) is 0 Å². The zero-order valence-corrected chi connectivity index (χ0v) is 11.7. The molecular weight excluding hydrogens is 224 g/mol. The summed E-state index contributed by atoms with van der Waals surface area (Å²) in [6.07, 6.45) is 3.58. The topological polar surface area (TPSA) is 49.8 Å². The molecule has 1 aromatic heterocycles. The fourth-order valence-corrected chi connectivity index (χ4v) is 1.73. The predicted octanol–water partition coefficient (Wildman–Crippen LogP) is 3.24. The van der Waals surface area contributed by atoms with Crippen LogP contribution in [0.15, 0.2) is 6.07 Å². The third-order valence-electron chi connectivity index (χ3n) is 2.93. The van der Waals surface area contributed by atoms with Crippen molar-refractivity contribution in [3.05, 3.63) is 11.9 Å². The van der Waals surface area contributed by atoms with Gasteiger partial charge in [-0.25, -0.2) is 9.97 Å². The van der Waals surface area contributed by atoms with Crippen molar-refractivity contribution in [2.24, 2.45) is 5.92 Å². The van der Waals surface area contributed by atoms with Gasteiger partial charge in [0.1, 0.15) is 17.5 Å². The summed E-state index contributed by atoms with van der Waals surface area (Å²) in [6, 6.07) is 2.02. The van der Waals surface area contributed by atoms with Crippen LogP contribution in [0.25, 0.3) is 0 Å². The van der Waals surface area contributed by atoms with Gasteiger partial charge >= 0.3 is 0 Å². The van der Waals surface area contributed by atoms with Gasteiger partial charge in [-0.05, 0) is 25.2 Å². The average molecular weight is 248 g/mol. The quantitative estimate of drug-likeness (QED) is 0.777. The van der Waals surface area contributed by atoms with Crippen molar-refractivity contribution < 1.29 is 0 Å². The Morgan fingerprint density at radius 3 is 2.44 bits per heavy atom. The molecule has 1 saturated carbocycles. The third kappa shape index (κ3) is 3.86. The molecule has 4 heteroatoms. The van der Waals surface area contributed by atoms with Crippen LogP contribution >= 0.6 is 0 Å². The summed E-state index contributed by atoms with van der Waals surface area (Å²) in [7, 11) is 0. The van der Waals surface area contributed by atoms with Gasteiger partial charge in [0.25, 0.3) is 0 Å². The van der Waals surface area contributed by atoms with Crippen LogP contribution in [0.2, 0.25) is 0 Å². The number of rotatable bonds is 7. The van der Waals surface area contributed by atoms with Crippen LogP contribution in [0.4, 0.5) is 11.6 Å². The van der Waals surface area contributed by atoms with Crippen LogP contribution in [-0.2, 0) is 0 Å². The lowest BCUT2D eigenvalue weighted by atomic mass is 10.2. The van der Waals surface area contributed by atoms with Gasteiger partial charge in [0.2, 0.25) is 0 Å². The summed E-state index contributed by atoms with van der Waals surface area (Å²) in [5.74, 6) is 4.13. The zero-order chi connectivity index (χ0) is 13.0. The molecule has 0 radical (unpaired) electrons. The van der Waals surface area contributed by atoms with Crippen molar-refractivity contribution in [2.75, 3.05) is 23.7 Å². The standard InChI is InChI=1S/C14H24N4/c1-4-7-15-12-8-13(16-9-10(2)3)18-14(17-12)11-5-6-11/h8,10-11H,4-7,9H2,1-3H3,(H2,15,16,17,18). The molecule has 0 amide bonds. The number of hydrogen-bond donors (Lipinski definition) is 2. The summed E-state index contributed by atoms with van der Waals surface area (Å²) >= 11 is 0. The van der Waals surface area contributed by atoms with E-state index >= 15 is 0 Å². The van der Waals surface area contributed by atoms with Crippen molar-refractivity contribution in [3.8, 4) is 0 Å². The fourth-order valence-electron chi connectivity index (χ4n) is 1.73. The van der Waals surface area contributed by atoms with Crippen molar-refractivity contribution in [2.45, 2.75) is 46.0 Å². The Kier molecular flexibility index (Phi) is 4.39. The number of aromatic nitrogens is 2. The highest BCUT2D eigenvalue weighted by Crippen LogP contribution is 2.38. The van der Waals surface area contributed by atoms with Crippen molar-refractivity contribution in [3.63, 3.8) is 0 Å². The van der Waals surface area contributed by atoms with Gasteiger partial charge in [0.15, 0.2) is 0 Å². The van der Waals surface area contributed by atoms with Crippen LogP contribution < -0.4 is 10.6 Å². The molecule has 1 aromatic rings. The van der Waals surface area contributed by atoms with E-state index in [2.05, 4.69) is 41.4 Å². The molecule has 1 fully saturated rings. The minimum absolute atomic E-state index is 0.591. The normalized spacial score (nSPS) is 14.9. The molecule has 0 aromatic carbocycles. The lowest BCUT2D eigenvalue weighted by Gasteiger charge is -2.12. The van der Waals surface area contributed by atoms with Gasteiger partial charge in [-0.1, -0.05) is 20.8 Å². The second-order valence-electron chi connectivity index (χ2n) is 5.47. The first-order chi connectivity index (χ1) is 8.69. The Morgan fingerprint density at radius 2 is 1.89 bits per heavy atom. The molecule has 0 atom stereocenters. The van der Waals surface area contributed by atoms with E-state index in [1.165, 1.54) is 12.8 Å². The highest BCUT2D eigenvalue weighted by Gasteiger charge is 2.27. The highest BCUT2D eigenvalue weighted by atomic mass is 15.1. The molecule has 0 bridgehead atoms. The number of hydrogen-bond acceptors (Lipinski definition) is 4. The molecule has 4 nitrogen and oxygen atoms in total. The maximum atomic E-state index is 4.61. The summed E-state index contributed by atoms with van der Waals surface area (Å²) in [6.45, 7) is 8.48. The smallest absolute Gasteiger partial charge is 0.136 e. The largest absolute Gasteiger partial charge is 0.370 e. The maximum Gasteiger partial charge on any atom is 0.136 e. The Bertz CT molecular complexity index is 385. The lowest BCUT2D eigenvalue weighted by molar-refractivity contribution is 0.686. The van der Waals surface area contributed by atoms with Crippen LogP contribution in [0, 0.1) is 5.92 Å². The van der Waals surface area contributed by atoms with Crippen LogP contribution in [0.5, 0.6) is 0 Å². The molecular formula is C14H24N4. The summed E-state index contributed by atoms with van der Waals surface area (Å²) in [4.78, 5) is 9.21.